The normalized spacial score (nSPS) is 19.2. The lowest BCUT2D eigenvalue weighted by atomic mass is 10.1. The Balaban J connectivity index is 1.74. The zero-order valence-electron chi connectivity index (χ0n) is 11.7. The molecule has 0 saturated carbocycles. The molecule has 0 radical (unpaired) electrons. The van der Waals surface area contributed by atoms with Gasteiger partial charge in [0.15, 0.2) is 0 Å². The van der Waals surface area contributed by atoms with Crippen molar-refractivity contribution in [3.05, 3.63) is 5.82 Å². The molecule has 2 amide bonds. The van der Waals surface area contributed by atoms with Crippen LogP contribution in [0.2, 0.25) is 0 Å². The fourth-order valence-electron chi connectivity index (χ4n) is 2.03. The van der Waals surface area contributed by atoms with Gasteiger partial charge in [-0.2, -0.15) is 0 Å². The molecule has 0 spiro atoms. The maximum atomic E-state index is 11.8. The van der Waals surface area contributed by atoms with Gasteiger partial charge in [0.2, 0.25) is 17.0 Å². The number of aromatic nitrogens is 3. The van der Waals surface area contributed by atoms with Crippen molar-refractivity contribution in [3.63, 3.8) is 0 Å². The number of hydrogen-bond donors (Lipinski definition) is 2. The van der Waals surface area contributed by atoms with E-state index >= 15 is 0 Å². The van der Waals surface area contributed by atoms with Crippen LogP contribution in [0.25, 0.3) is 0 Å². The van der Waals surface area contributed by atoms with E-state index in [0.29, 0.717) is 24.5 Å². The molecule has 1 atom stereocenters. The standard InChI is InChI=1S/C12H19N5O2S/c1-3-9-14-12(16-15-9)20-7-10(18)13-8-4-5-11(19)17(2)6-8/h8H,3-7H2,1-2H3,(H,13,18)(H,14,15,16)/t8-/m0/s1. The van der Waals surface area contributed by atoms with Crippen molar-refractivity contribution in [2.24, 2.45) is 0 Å². The minimum atomic E-state index is -0.0504. The number of hydrogen-bond acceptors (Lipinski definition) is 5. The number of carbonyl (C=O) groups is 2. The minimum absolute atomic E-state index is 0.0455. The number of nitrogens with zero attached hydrogens (tertiary/aromatic N) is 3. The van der Waals surface area contributed by atoms with E-state index in [9.17, 15) is 9.59 Å². The number of H-pyrrole nitrogens is 1. The average Bonchev–Trinajstić information content (AvgIpc) is 2.89. The highest BCUT2D eigenvalue weighted by Gasteiger charge is 2.23. The van der Waals surface area contributed by atoms with E-state index in [-0.39, 0.29) is 23.6 Å². The predicted octanol–water partition coefficient (Wildman–Crippen LogP) is 0.196. The van der Waals surface area contributed by atoms with Crippen LogP contribution in [-0.4, -0.2) is 57.3 Å². The van der Waals surface area contributed by atoms with Crippen LogP contribution in [0.15, 0.2) is 5.16 Å². The number of carbonyl (C=O) groups excluding carboxylic acids is 2. The Morgan fingerprint density at radius 2 is 2.40 bits per heavy atom. The van der Waals surface area contributed by atoms with Gasteiger partial charge in [0.1, 0.15) is 5.82 Å². The van der Waals surface area contributed by atoms with Crippen LogP contribution in [0.5, 0.6) is 0 Å². The van der Waals surface area contributed by atoms with Crippen LogP contribution < -0.4 is 5.32 Å². The van der Waals surface area contributed by atoms with E-state index in [4.69, 9.17) is 0 Å². The molecule has 20 heavy (non-hydrogen) atoms. The first-order chi connectivity index (χ1) is 9.58. The summed E-state index contributed by atoms with van der Waals surface area (Å²) in [5.74, 6) is 1.19. The molecule has 1 saturated heterocycles. The van der Waals surface area contributed by atoms with Crippen LogP contribution in [-0.2, 0) is 16.0 Å². The number of thioether (sulfide) groups is 1. The molecule has 1 aliphatic rings. The summed E-state index contributed by atoms with van der Waals surface area (Å²) in [6, 6.07) is 0.0455. The van der Waals surface area contributed by atoms with Gasteiger partial charge in [0.25, 0.3) is 0 Å². The fourth-order valence-corrected chi connectivity index (χ4v) is 2.66. The van der Waals surface area contributed by atoms with Gasteiger partial charge in [-0.05, 0) is 6.42 Å². The number of amides is 2. The summed E-state index contributed by atoms with van der Waals surface area (Å²) < 4.78 is 0. The largest absolute Gasteiger partial charge is 0.351 e. The van der Waals surface area contributed by atoms with Crippen LogP contribution in [0.3, 0.4) is 0 Å². The average molecular weight is 297 g/mol. The number of aryl methyl sites for hydroxylation is 1. The molecule has 0 aliphatic carbocycles. The second-order valence-electron chi connectivity index (χ2n) is 4.78. The summed E-state index contributed by atoms with van der Waals surface area (Å²) in [6.07, 6.45) is 2.00. The third-order valence-electron chi connectivity index (χ3n) is 3.17. The molecule has 2 heterocycles. The summed E-state index contributed by atoms with van der Waals surface area (Å²) in [4.78, 5) is 29.1. The third-order valence-corrected chi connectivity index (χ3v) is 4.02. The zero-order valence-corrected chi connectivity index (χ0v) is 12.5. The molecule has 0 aromatic carbocycles. The van der Waals surface area contributed by atoms with E-state index < -0.39 is 0 Å². The smallest absolute Gasteiger partial charge is 0.230 e. The molecule has 7 nitrogen and oxygen atoms in total. The van der Waals surface area contributed by atoms with Crippen molar-refractivity contribution < 1.29 is 9.59 Å². The Labute approximate surface area is 121 Å². The summed E-state index contributed by atoms with van der Waals surface area (Å²) in [7, 11) is 1.76. The van der Waals surface area contributed by atoms with Gasteiger partial charge in [-0.15, -0.1) is 5.10 Å². The number of likely N-dealkylation sites (N-methyl/N-ethyl adjacent to an activating group) is 1. The first-order valence-electron chi connectivity index (χ1n) is 6.66. The predicted molar refractivity (Wildman–Crippen MR) is 75.3 cm³/mol. The quantitative estimate of drug-likeness (QED) is 0.757. The Morgan fingerprint density at radius 1 is 1.60 bits per heavy atom. The highest BCUT2D eigenvalue weighted by atomic mass is 32.2. The van der Waals surface area contributed by atoms with Crippen molar-refractivity contribution in [1.82, 2.24) is 25.4 Å². The molecule has 1 aliphatic heterocycles. The zero-order chi connectivity index (χ0) is 14.5. The molecule has 1 aromatic heterocycles. The van der Waals surface area contributed by atoms with Crippen molar-refractivity contribution >= 4 is 23.6 Å². The van der Waals surface area contributed by atoms with Crippen LogP contribution in [0, 0.1) is 0 Å². The molecular weight excluding hydrogens is 278 g/mol. The van der Waals surface area contributed by atoms with E-state index in [2.05, 4.69) is 20.5 Å². The number of piperidine rings is 1. The second-order valence-corrected chi connectivity index (χ2v) is 5.73. The van der Waals surface area contributed by atoms with Crippen molar-refractivity contribution in [2.75, 3.05) is 19.3 Å². The topological polar surface area (TPSA) is 91.0 Å². The van der Waals surface area contributed by atoms with Gasteiger partial charge in [-0.3, -0.25) is 14.7 Å². The monoisotopic (exact) mass is 297 g/mol. The summed E-state index contributed by atoms with van der Waals surface area (Å²) in [5.41, 5.74) is 0. The minimum Gasteiger partial charge on any atom is -0.351 e. The molecule has 0 unspecified atom stereocenters. The van der Waals surface area contributed by atoms with Gasteiger partial charge in [0, 0.05) is 32.5 Å². The lowest BCUT2D eigenvalue weighted by Gasteiger charge is -2.30. The van der Waals surface area contributed by atoms with Gasteiger partial charge in [0.05, 0.1) is 5.75 Å². The summed E-state index contributed by atoms with van der Waals surface area (Å²) in [6.45, 7) is 2.57. The van der Waals surface area contributed by atoms with E-state index in [1.54, 1.807) is 11.9 Å². The summed E-state index contributed by atoms with van der Waals surface area (Å²) >= 11 is 1.31. The molecule has 8 heteroatoms. The number of rotatable bonds is 5. The first-order valence-corrected chi connectivity index (χ1v) is 7.64. The second kappa shape index (κ2) is 6.74. The fraction of sp³-hybridized carbons (Fsp3) is 0.667. The van der Waals surface area contributed by atoms with Gasteiger partial charge < -0.3 is 10.2 Å². The highest BCUT2D eigenvalue weighted by molar-refractivity contribution is 7.99. The number of likely N-dealkylation sites (tertiary alicyclic amines) is 1. The summed E-state index contributed by atoms with van der Waals surface area (Å²) in [5, 5.41) is 10.4. The van der Waals surface area contributed by atoms with Crippen LogP contribution in [0.4, 0.5) is 0 Å². The molecule has 1 fully saturated rings. The molecule has 1 aromatic rings. The van der Waals surface area contributed by atoms with Crippen LogP contribution >= 0.6 is 11.8 Å². The highest BCUT2D eigenvalue weighted by Crippen LogP contribution is 2.13. The van der Waals surface area contributed by atoms with Gasteiger partial charge >= 0.3 is 0 Å². The maximum Gasteiger partial charge on any atom is 0.230 e. The van der Waals surface area contributed by atoms with E-state index in [0.717, 1.165) is 12.2 Å². The Kier molecular flexibility index (Phi) is 4.99. The molecule has 0 bridgehead atoms. The van der Waals surface area contributed by atoms with Crippen molar-refractivity contribution in [2.45, 2.75) is 37.4 Å². The van der Waals surface area contributed by atoms with Crippen molar-refractivity contribution in [3.8, 4) is 0 Å². The lowest BCUT2D eigenvalue weighted by Crippen LogP contribution is -2.48. The molecule has 2 N–H and O–H groups in total. The Morgan fingerprint density at radius 3 is 3.05 bits per heavy atom. The van der Waals surface area contributed by atoms with Crippen LogP contribution in [0.1, 0.15) is 25.6 Å². The Hall–Kier alpha value is -1.57. The van der Waals surface area contributed by atoms with E-state index in [1.807, 2.05) is 6.92 Å². The Bertz CT molecular complexity index is 490. The first kappa shape index (κ1) is 14.8. The number of aromatic amines is 1. The molecule has 2 rings (SSSR count). The third kappa shape index (κ3) is 3.96. The lowest BCUT2D eigenvalue weighted by molar-refractivity contribution is -0.133. The SMILES string of the molecule is CCc1nc(SCC(=O)N[C@H]2CCC(=O)N(C)C2)n[nH]1. The number of nitrogens with one attached hydrogen (secondary N) is 2. The van der Waals surface area contributed by atoms with Gasteiger partial charge in [-0.1, -0.05) is 18.7 Å². The molecule has 110 valence electrons. The van der Waals surface area contributed by atoms with E-state index in [1.165, 1.54) is 11.8 Å². The van der Waals surface area contributed by atoms with Crippen molar-refractivity contribution in [1.29, 1.82) is 0 Å². The maximum absolute atomic E-state index is 11.8. The molecular formula is C12H19N5O2S. The van der Waals surface area contributed by atoms with Gasteiger partial charge in [-0.25, -0.2) is 4.98 Å².